The second kappa shape index (κ2) is 6.51. The molecule has 1 aliphatic heterocycles. The first kappa shape index (κ1) is 15.1. The number of aryl methyl sites for hydroxylation is 1. The average molecular weight is 300 g/mol. The Balaban J connectivity index is 1.73. The first-order valence-corrected chi connectivity index (χ1v) is 8.43. The van der Waals surface area contributed by atoms with Gasteiger partial charge in [0.05, 0.1) is 0 Å². The maximum absolute atomic E-state index is 12.3. The lowest BCUT2D eigenvalue weighted by Crippen LogP contribution is -2.34. The van der Waals surface area contributed by atoms with Gasteiger partial charge in [-0.05, 0) is 49.9 Å². The lowest BCUT2D eigenvalue weighted by atomic mass is 9.88. The summed E-state index contributed by atoms with van der Waals surface area (Å²) in [5.74, 6) is 0.506. The molecule has 1 heterocycles. The molecule has 0 aromatic heterocycles. The highest BCUT2D eigenvalue weighted by Gasteiger charge is 2.24. The van der Waals surface area contributed by atoms with Crippen LogP contribution in [-0.4, -0.2) is 18.4 Å². The molecule has 0 atom stereocenters. The fourth-order valence-corrected chi connectivity index (χ4v) is 3.59. The summed E-state index contributed by atoms with van der Waals surface area (Å²) in [6, 6.07) is 5.92. The quantitative estimate of drug-likeness (QED) is 0.928. The number of amides is 2. The largest absolute Gasteiger partial charge is 0.326 e. The van der Waals surface area contributed by atoms with Gasteiger partial charge in [-0.25, -0.2) is 0 Å². The number of fused-ring (bicyclic) bond motifs is 1. The van der Waals surface area contributed by atoms with E-state index in [9.17, 15) is 9.59 Å². The number of carbonyl (C=O) groups is 2. The standard InChI is InChI=1S/C18H24N2O2/c1-2-20-16-10-9-15(12-14(16)8-11-17(20)21)19-18(22)13-6-4-3-5-7-13/h9-10,12-13H,2-8,11H2,1H3,(H,19,22). The molecule has 1 N–H and O–H groups in total. The zero-order chi connectivity index (χ0) is 15.5. The van der Waals surface area contributed by atoms with Gasteiger partial charge in [-0.1, -0.05) is 19.3 Å². The summed E-state index contributed by atoms with van der Waals surface area (Å²) in [6.45, 7) is 2.69. The Kier molecular flexibility index (Phi) is 4.46. The second-order valence-corrected chi connectivity index (χ2v) is 6.31. The summed E-state index contributed by atoms with van der Waals surface area (Å²) in [4.78, 5) is 26.1. The van der Waals surface area contributed by atoms with E-state index in [0.29, 0.717) is 13.0 Å². The molecule has 1 saturated carbocycles. The van der Waals surface area contributed by atoms with Crippen LogP contribution in [0.2, 0.25) is 0 Å². The van der Waals surface area contributed by atoms with Gasteiger partial charge in [0.25, 0.3) is 0 Å². The van der Waals surface area contributed by atoms with Crippen LogP contribution in [0.3, 0.4) is 0 Å². The van der Waals surface area contributed by atoms with Gasteiger partial charge in [0.2, 0.25) is 11.8 Å². The SMILES string of the molecule is CCN1C(=O)CCc2cc(NC(=O)C3CCCCC3)ccc21. The second-order valence-electron chi connectivity index (χ2n) is 6.31. The van der Waals surface area contributed by atoms with E-state index < -0.39 is 0 Å². The zero-order valence-corrected chi connectivity index (χ0v) is 13.2. The van der Waals surface area contributed by atoms with Crippen LogP contribution in [0.4, 0.5) is 11.4 Å². The molecule has 2 aliphatic rings. The van der Waals surface area contributed by atoms with Gasteiger partial charge in [-0.15, -0.1) is 0 Å². The molecule has 1 aromatic carbocycles. The number of rotatable bonds is 3. The Morgan fingerprint density at radius 1 is 1.23 bits per heavy atom. The van der Waals surface area contributed by atoms with Crippen molar-refractivity contribution in [3.05, 3.63) is 23.8 Å². The zero-order valence-electron chi connectivity index (χ0n) is 13.2. The molecule has 0 spiro atoms. The molecule has 4 heteroatoms. The minimum absolute atomic E-state index is 0.152. The van der Waals surface area contributed by atoms with Crippen LogP contribution < -0.4 is 10.2 Å². The molecule has 0 radical (unpaired) electrons. The van der Waals surface area contributed by atoms with E-state index in [0.717, 1.165) is 49.0 Å². The predicted molar refractivity (Wildman–Crippen MR) is 88.0 cm³/mol. The van der Waals surface area contributed by atoms with E-state index in [1.165, 1.54) is 6.42 Å². The highest BCUT2D eigenvalue weighted by Crippen LogP contribution is 2.31. The summed E-state index contributed by atoms with van der Waals surface area (Å²) in [5, 5.41) is 3.06. The Hall–Kier alpha value is -1.84. The van der Waals surface area contributed by atoms with Gasteiger partial charge in [-0.3, -0.25) is 9.59 Å². The Labute approximate surface area is 131 Å². The summed E-state index contributed by atoms with van der Waals surface area (Å²) in [6.07, 6.45) is 6.91. The number of hydrogen-bond acceptors (Lipinski definition) is 2. The average Bonchev–Trinajstić information content (AvgIpc) is 2.55. The maximum Gasteiger partial charge on any atom is 0.227 e. The lowest BCUT2D eigenvalue weighted by molar-refractivity contribution is -0.121. The van der Waals surface area contributed by atoms with Crippen LogP contribution >= 0.6 is 0 Å². The van der Waals surface area contributed by atoms with E-state index in [4.69, 9.17) is 0 Å². The number of nitrogens with one attached hydrogen (secondary N) is 1. The number of benzene rings is 1. The maximum atomic E-state index is 12.3. The van der Waals surface area contributed by atoms with Crippen LogP contribution in [0.1, 0.15) is 51.0 Å². The minimum Gasteiger partial charge on any atom is -0.326 e. The van der Waals surface area contributed by atoms with Crippen molar-refractivity contribution in [2.24, 2.45) is 5.92 Å². The third-order valence-electron chi connectivity index (χ3n) is 4.84. The molecule has 22 heavy (non-hydrogen) atoms. The van der Waals surface area contributed by atoms with Crippen LogP contribution in [0.25, 0.3) is 0 Å². The van der Waals surface area contributed by atoms with Crippen molar-refractivity contribution < 1.29 is 9.59 Å². The van der Waals surface area contributed by atoms with Crippen molar-refractivity contribution in [2.45, 2.75) is 51.9 Å². The first-order valence-electron chi connectivity index (χ1n) is 8.43. The van der Waals surface area contributed by atoms with Crippen LogP contribution in [0.15, 0.2) is 18.2 Å². The molecule has 4 nitrogen and oxygen atoms in total. The normalized spacial score (nSPS) is 19.0. The van der Waals surface area contributed by atoms with E-state index in [1.807, 2.05) is 30.0 Å². The number of carbonyl (C=O) groups excluding carboxylic acids is 2. The van der Waals surface area contributed by atoms with Gasteiger partial charge >= 0.3 is 0 Å². The van der Waals surface area contributed by atoms with Gasteiger partial charge in [0.1, 0.15) is 0 Å². The van der Waals surface area contributed by atoms with Crippen molar-refractivity contribution in [2.75, 3.05) is 16.8 Å². The fourth-order valence-electron chi connectivity index (χ4n) is 3.59. The summed E-state index contributed by atoms with van der Waals surface area (Å²) < 4.78 is 0. The van der Waals surface area contributed by atoms with Crippen molar-refractivity contribution in [1.29, 1.82) is 0 Å². The summed E-state index contributed by atoms with van der Waals surface area (Å²) in [5.41, 5.74) is 3.01. The van der Waals surface area contributed by atoms with Crippen molar-refractivity contribution in [3.63, 3.8) is 0 Å². The number of anilines is 2. The molecule has 1 aromatic rings. The molecule has 0 bridgehead atoms. The molecule has 0 saturated heterocycles. The molecule has 118 valence electrons. The highest BCUT2D eigenvalue weighted by molar-refractivity contribution is 5.97. The minimum atomic E-state index is 0.152. The van der Waals surface area contributed by atoms with Crippen molar-refractivity contribution in [1.82, 2.24) is 0 Å². The first-order chi connectivity index (χ1) is 10.7. The Morgan fingerprint density at radius 2 is 2.00 bits per heavy atom. The number of hydrogen-bond donors (Lipinski definition) is 1. The molecule has 3 rings (SSSR count). The molecule has 1 aliphatic carbocycles. The Bertz CT molecular complexity index is 576. The van der Waals surface area contributed by atoms with Gasteiger partial charge in [0.15, 0.2) is 0 Å². The smallest absolute Gasteiger partial charge is 0.227 e. The summed E-state index contributed by atoms with van der Waals surface area (Å²) >= 11 is 0. The van der Waals surface area contributed by atoms with E-state index in [2.05, 4.69) is 5.32 Å². The molecular weight excluding hydrogens is 276 g/mol. The van der Waals surface area contributed by atoms with E-state index in [1.54, 1.807) is 0 Å². The van der Waals surface area contributed by atoms with Crippen molar-refractivity contribution >= 4 is 23.2 Å². The fraction of sp³-hybridized carbons (Fsp3) is 0.556. The lowest BCUT2D eigenvalue weighted by Gasteiger charge is -2.29. The van der Waals surface area contributed by atoms with E-state index >= 15 is 0 Å². The van der Waals surface area contributed by atoms with Crippen LogP contribution in [0, 0.1) is 5.92 Å². The number of nitrogens with zero attached hydrogens (tertiary/aromatic N) is 1. The van der Waals surface area contributed by atoms with Gasteiger partial charge < -0.3 is 10.2 Å². The van der Waals surface area contributed by atoms with Gasteiger partial charge in [-0.2, -0.15) is 0 Å². The predicted octanol–water partition coefficient (Wildman–Crippen LogP) is 3.50. The molecule has 0 unspecified atom stereocenters. The highest BCUT2D eigenvalue weighted by atomic mass is 16.2. The molecule has 1 fully saturated rings. The Morgan fingerprint density at radius 3 is 2.73 bits per heavy atom. The van der Waals surface area contributed by atoms with Crippen LogP contribution in [0.5, 0.6) is 0 Å². The molecular formula is C18H24N2O2. The third-order valence-corrected chi connectivity index (χ3v) is 4.84. The van der Waals surface area contributed by atoms with Gasteiger partial charge in [0, 0.05) is 30.3 Å². The topological polar surface area (TPSA) is 49.4 Å². The van der Waals surface area contributed by atoms with Crippen molar-refractivity contribution in [3.8, 4) is 0 Å². The monoisotopic (exact) mass is 300 g/mol. The van der Waals surface area contributed by atoms with E-state index in [-0.39, 0.29) is 17.7 Å². The van der Waals surface area contributed by atoms with Crippen LogP contribution in [-0.2, 0) is 16.0 Å². The molecule has 2 amide bonds. The summed E-state index contributed by atoms with van der Waals surface area (Å²) in [7, 11) is 0. The third kappa shape index (κ3) is 3.01.